The lowest BCUT2D eigenvalue weighted by Gasteiger charge is -2.09. The van der Waals surface area contributed by atoms with Gasteiger partial charge in [0.2, 0.25) is 5.82 Å². The number of hydrogen-bond acceptors (Lipinski definition) is 1. The van der Waals surface area contributed by atoms with Crippen molar-refractivity contribution in [3.05, 3.63) is 62.5 Å². The molecule has 0 heterocycles. The highest BCUT2D eigenvalue weighted by molar-refractivity contribution is 9.10. The van der Waals surface area contributed by atoms with Crippen molar-refractivity contribution < 1.29 is 13.5 Å². The molecule has 0 aliphatic carbocycles. The summed E-state index contributed by atoms with van der Waals surface area (Å²) < 4.78 is 33.2. The number of hydrogen-bond donors (Lipinski definition) is 0. The van der Waals surface area contributed by atoms with Crippen molar-refractivity contribution in [2.45, 2.75) is 6.61 Å². The smallest absolute Gasteiger partial charge is 0.201 e. The molecule has 0 unspecified atom stereocenters. The lowest BCUT2D eigenvalue weighted by Crippen LogP contribution is -1.99. The van der Waals surface area contributed by atoms with Crippen LogP contribution in [0.25, 0.3) is 0 Å². The molecule has 0 bridgehead atoms. The molecule has 94 valence electrons. The molecule has 2 rings (SSSR count). The first-order valence-electron chi connectivity index (χ1n) is 5.08. The Bertz CT molecular complexity index is 556. The van der Waals surface area contributed by atoms with Crippen LogP contribution in [0.3, 0.4) is 0 Å². The van der Waals surface area contributed by atoms with Gasteiger partial charge in [-0.25, -0.2) is 4.39 Å². The Hall–Kier alpha value is -0.940. The van der Waals surface area contributed by atoms with Crippen molar-refractivity contribution in [3.63, 3.8) is 0 Å². The average Bonchev–Trinajstić information content (AvgIpc) is 2.36. The van der Waals surface area contributed by atoms with Crippen LogP contribution in [0.5, 0.6) is 5.75 Å². The van der Waals surface area contributed by atoms with Crippen molar-refractivity contribution in [1.29, 1.82) is 0 Å². The summed E-state index contributed by atoms with van der Waals surface area (Å²) >= 11 is 6.44. The molecular weight excluding hydrogens is 370 g/mol. The van der Waals surface area contributed by atoms with Gasteiger partial charge in [-0.2, -0.15) is 4.39 Å². The van der Waals surface area contributed by atoms with Gasteiger partial charge >= 0.3 is 0 Å². The molecule has 0 aliphatic heterocycles. The Balaban J connectivity index is 2.15. The molecule has 0 aliphatic rings. The lowest BCUT2D eigenvalue weighted by molar-refractivity contribution is 0.282. The Labute approximate surface area is 120 Å². The van der Waals surface area contributed by atoms with E-state index in [-0.39, 0.29) is 12.4 Å². The van der Waals surface area contributed by atoms with Gasteiger partial charge in [0, 0.05) is 4.47 Å². The van der Waals surface area contributed by atoms with E-state index in [2.05, 4.69) is 31.9 Å². The third-order valence-electron chi connectivity index (χ3n) is 2.30. The summed E-state index contributed by atoms with van der Waals surface area (Å²) in [5.41, 5.74) is 0.869. The van der Waals surface area contributed by atoms with E-state index in [4.69, 9.17) is 4.74 Å². The van der Waals surface area contributed by atoms with Crippen LogP contribution >= 0.6 is 31.9 Å². The van der Waals surface area contributed by atoms with Gasteiger partial charge in [-0.05, 0) is 45.8 Å². The first-order valence-corrected chi connectivity index (χ1v) is 6.67. The van der Waals surface area contributed by atoms with Gasteiger partial charge < -0.3 is 4.74 Å². The topological polar surface area (TPSA) is 9.23 Å². The van der Waals surface area contributed by atoms with Gasteiger partial charge in [0.25, 0.3) is 0 Å². The molecule has 0 spiro atoms. The van der Waals surface area contributed by atoms with E-state index < -0.39 is 11.6 Å². The fourth-order valence-electron chi connectivity index (χ4n) is 1.38. The van der Waals surface area contributed by atoms with E-state index in [0.29, 0.717) is 4.47 Å². The van der Waals surface area contributed by atoms with E-state index in [9.17, 15) is 8.78 Å². The monoisotopic (exact) mass is 376 g/mol. The maximum Gasteiger partial charge on any atom is 0.201 e. The zero-order chi connectivity index (χ0) is 13.1. The molecular formula is C13H8Br2F2O. The summed E-state index contributed by atoms with van der Waals surface area (Å²) in [6.45, 7) is 0.173. The Morgan fingerprint density at radius 1 is 0.944 bits per heavy atom. The maximum absolute atomic E-state index is 13.5. The first kappa shape index (κ1) is 13.5. The van der Waals surface area contributed by atoms with Crippen LogP contribution in [0.4, 0.5) is 8.78 Å². The summed E-state index contributed by atoms with van der Waals surface area (Å²) in [4.78, 5) is 0. The van der Waals surface area contributed by atoms with Crippen LogP contribution in [-0.2, 0) is 6.61 Å². The van der Waals surface area contributed by atoms with Crippen molar-refractivity contribution in [1.82, 2.24) is 0 Å². The highest BCUT2D eigenvalue weighted by Crippen LogP contribution is 2.30. The fraction of sp³-hybridized carbons (Fsp3) is 0.0769. The van der Waals surface area contributed by atoms with E-state index >= 15 is 0 Å². The quantitative estimate of drug-likeness (QED) is 0.678. The summed E-state index contributed by atoms with van der Waals surface area (Å²) in [7, 11) is 0. The normalized spacial score (nSPS) is 10.4. The Kier molecular flexibility index (Phi) is 4.35. The molecule has 0 radical (unpaired) electrons. The van der Waals surface area contributed by atoms with Crippen molar-refractivity contribution in [3.8, 4) is 5.75 Å². The number of ether oxygens (including phenoxy) is 1. The highest BCUT2D eigenvalue weighted by Gasteiger charge is 2.13. The van der Waals surface area contributed by atoms with Crippen LogP contribution in [0.1, 0.15) is 5.56 Å². The molecule has 1 nitrogen and oxygen atoms in total. The van der Waals surface area contributed by atoms with Crippen molar-refractivity contribution >= 4 is 31.9 Å². The number of halogens is 4. The average molecular weight is 378 g/mol. The zero-order valence-corrected chi connectivity index (χ0v) is 12.3. The van der Waals surface area contributed by atoms with Crippen LogP contribution in [0.15, 0.2) is 45.3 Å². The van der Waals surface area contributed by atoms with Crippen LogP contribution in [-0.4, -0.2) is 0 Å². The minimum atomic E-state index is -0.985. The second-order valence-corrected chi connectivity index (χ2v) is 5.36. The molecule has 2 aromatic carbocycles. The van der Waals surface area contributed by atoms with Gasteiger partial charge in [0.15, 0.2) is 11.6 Å². The first-order chi connectivity index (χ1) is 8.58. The summed E-state index contributed by atoms with van der Waals surface area (Å²) in [6.07, 6.45) is 0. The minimum absolute atomic E-state index is 0.113. The summed E-state index contributed by atoms with van der Waals surface area (Å²) in [5.74, 6) is -2.02. The molecule has 5 heteroatoms. The largest absolute Gasteiger partial charge is 0.485 e. The van der Waals surface area contributed by atoms with E-state index in [1.165, 1.54) is 6.07 Å². The standard InChI is InChI=1S/C13H8Br2F2O/c14-9-3-1-8(2-4-9)7-18-13-10(15)5-6-11(16)12(13)17/h1-6H,7H2. The second kappa shape index (κ2) is 5.80. The predicted molar refractivity (Wildman–Crippen MR) is 72.5 cm³/mol. The summed E-state index contributed by atoms with van der Waals surface area (Å²) in [6, 6.07) is 9.86. The molecule has 18 heavy (non-hydrogen) atoms. The van der Waals surface area contributed by atoms with Crippen molar-refractivity contribution in [2.24, 2.45) is 0 Å². The van der Waals surface area contributed by atoms with E-state index in [1.54, 1.807) is 0 Å². The van der Waals surface area contributed by atoms with Gasteiger partial charge in [-0.1, -0.05) is 28.1 Å². The fourth-order valence-corrected chi connectivity index (χ4v) is 2.06. The van der Waals surface area contributed by atoms with E-state index in [1.807, 2.05) is 24.3 Å². The van der Waals surface area contributed by atoms with Gasteiger partial charge in [-0.3, -0.25) is 0 Å². The highest BCUT2D eigenvalue weighted by atomic mass is 79.9. The lowest BCUT2D eigenvalue weighted by atomic mass is 10.2. The zero-order valence-electron chi connectivity index (χ0n) is 9.09. The third kappa shape index (κ3) is 3.09. The van der Waals surface area contributed by atoms with Crippen LogP contribution in [0.2, 0.25) is 0 Å². The molecule has 0 saturated heterocycles. The Morgan fingerprint density at radius 3 is 2.28 bits per heavy atom. The molecule has 0 N–H and O–H groups in total. The second-order valence-electron chi connectivity index (χ2n) is 3.59. The molecule has 0 aromatic heterocycles. The number of rotatable bonds is 3. The number of benzene rings is 2. The van der Waals surface area contributed by atoms with E-state index in [0.717, 1.165) is 16.1 Å². The van der Waals surface area contributed by atoms with Crippen LogP contribution in [0, 0.1) is 11.6 Å². The SMILES string of the molecule is Fc1ccc(Br)c(OCc2ccc(Br)cc2)c1F. The molecule has 0 fully saturated rings. The Morgan fingerprint density at radius 2 is 1.61 bits per heavy atom. The third-order valence-corrected chi connectivity index (χ3v) is 3.45. The van der Waals surface area contributed by atoms with Gasteiger partial charge in [0.05, 0.1) is 4.47 Å². The summed E-state index contributed by atoms with van der Waals surface area (Å²) in [5, 5.41) is 0. The minimum Gasteiger partial charge on any atom is -0.485 e. The van der Waals surface area contributed by atoms with Crippen molar-refractivity contribution in [2.75, 3.05) is 0 Å². The van der Waals surface area contributed by atoms with Gasteiger partial charge in [-0.15, -0.1) is 0 Å². The molecule has 0 amide bonds. The molecule has 0 atom stereocenters. The predicted octanol–water partition coefficient (Wildman–Crippen LogP) is 5.07. The van der Waals surface area contributed by atoms with Gasteiger partial charge in [0.1, 0.15) is 6.61 Å². The molecule has 0 saturated carbocycles. The van der Waals surface area contributed by atoms with Crippen LogP contribution < -0.4 is 4.74 Å². The maximum atomic E-state index is 13.5. The molecule has 2 aromatic rings.